The lowest BCUT2D eigenvalue weighted by Crippen LogP contribution is -2.00. The molecule has 0 unspecified atom stereocenters. The molecule has 0 N–H and O–H groups in total. The van der Waals surface area contributed by atoms with Gasteiger partial charge in [-0.3, -0.25) is 4.57 Å². The summed E-state index contributed by atoms with van der Waals surface area (Å²) in [6, 6.07) is 12.2. The molecule has 0 radical (unpaired) electrons. The number of hydrogen-bond donors (Lipinski definition) is 0. The van der Waals surface area contributed by atoms with Crippen LogP contribution in [0.25, 0.3) is 22.0 Å². The molecule has 0 aliphatic carbocycles. The van der Waals surface area contributed by atoms with Crippen molar-refractivity contribution in [2.24, 2.45) is 0 Å². The van der Waals surface area contributed by atoms with Gasteiger partial charge in [0, 0.05) is 34.2 Å². The third-order valence-electron chi connectivity index (χ3n) is 3.73. The van der Waals surface area contributed by atoms with E-state index >= 15 is 0 Å². The highest BCUT2D eigenvalue weighted by atomic mass is 32.2. The first-order valence-electron chi connectivity index (χ1n) is 8.04. The Balaban J connectivity index is 1.53. The topological polar surface area (TPSA) is 43.6 Å². The Morgan fingerprint density at radius 2 is 1.96 bits per heavy atom. The van der Waals surface area contributed by atoms with E-state index in [1.54, 1.807) is 34.4 Å². The Morgan fingerprint density at radius 1 is 1.08 bits per heavy atom. The molecule has 1 aromatic carbocycles. The fraction of sp³-hybridized carbons (Fsp3) is 0.105. The van der Waals surface area contributed by atoms with Crippen molar-refractivity contribution in [1.29, 1.82) is 0 Å². The number of rotatable bonds is 7. The number of nitrogens with zero attached hydrogens (tertiary/aromatic N) is 4. The van der Waals surface area contributed by atoms with Crippen LogP contribution in [0.2, 0.25) is 0 Å². The minimum absolute atomic E-state index is 0.677. The first kappa shape index (κ1) is 17.2. The molecule has 0 aliphatic rings. The summed E-state index contributed by atoms with van der Waals surface area (Å²) in [6.45, 7) is 4.54. The molecular formula is C19H16N4S3. The number of aromatic nitrogens is 4. The molecule has 130 valence electrons. The zero-order valence-corrected chi connectivity index (χ0v) is 16.4. The molecule has 3 heterocycles. The van der Waals surface area contributed by atoms with Crippen LogP contribution >= 0.6 is 34.4 Å². The number of hydrogen-bond acceptors (Lipinski definition) is 6. The summed E-state index contributed by atoms with van der Waals surface area (Å²) in [5, 5.41) is 17.1. The van der Waals surface area contributed by atoms with Gasteiger partial charge in [0.1, 0.15) is 5.01 Å². The zero-order chi connectivity index (χ0) is 17.8. The summed E-state index contributed by atoms with van der Waals surface area (Å²) in [5.74, 6) is 1.63. The molecule has 0 spiro atoms. The summed E-state index contributed by atoms with van der Waals surface area (Å²) in [6.07, 6.45) is 1.87. The van der Waals surface area contributed by atoms with Crippen LogP contribution in [0, 0.1) is 0 Å². The maximum atomic E-state index is 4.74. The van der Waals surface area contributed by atoms with Crippen molar-refractivity contribution >= 4 is 34.4 Å². The van der Waals surface area contributed by atoms with Gasteiger partial charge in [0.15, 0.2) is 11.0 Å². The van der Waals surface area contributed by atoms with E-state index in [0.717, 1.165) is 33.0 Å². The average molecular weight is 397 g/mol. The van der Waals surface area contributed by atoms with Crippen molar-refractivity contribution in [3.8, 4) is 22.0 Å². The molecule has 4 aromatic rings. The molecule has 4 nitrogen and oxygen atoms in total. The average Bonchev–Trinajstić information content (AvgIpc) is 3.42. The SMILES string of the molecule is C=CCn1c(SCc2csc(-c3ccsc3)n2)nnc1-c1ccccc1. The summed E-state index contributed by atoms with van der Waals surface area (Å²) in [7, 11) is 0. The van der Waals surface area contributed by atoms with E-state index in [-0.39, 0.29) is 0 Å². The van der Waals surface area contributed by atoms with Crippen LogP contribution < -0.4 is 0 Å². The maximum Gasteiger partial charge on any atom is 0.192 e. The monoisotopic (exact) mass is 396 g/mol. The summed E-state index contributed by atoms with van der Waals surface area (Å²) in [5.41, 5.74) is 3.31. The van der Waals surface area contributed by atoms with E-state index in [9.17, 15) is 0 Å². The van der Waals surface area contributed by atoms with Gasteiger partial charge < -0.3 is 0 Å². The van der Waals surface area contributed by atoms with Crippen LogP contribution in [-0.4, -0.2) is 19.7 Å². The van der Waals surface area contributed by atoms with Crippen molar-refractivity contribution in [3.63, 3.8) is 0 Å². The first-order valence-corrected chi connectivity index (χ1v) is 10.9. The minimum atomic E-state index is 0.677. The number of benzene rings is 1. The normalized spacial score (nSPS) is 10.9. The number of thiazole rings is 1. The molecule has 0 fully saturated rings. The van der Waals surface area contributed by atoms with Gasteiger partial charge in [-0.2, -0.15) is 11.3 Å². The van der Waals surface area contributed by atoms with Gasteiger partial charge in [-0.1, -0.05) is 48.2 Å². The fourth-order valence-electron chi connectivity index (χ4n) is 2.52. The van der Waals surface area contributed by atoms with Crippen LogP contribution in [-0.2, 0) is 12.3 Å². The summed E-state index contributed by atoms with van der Waals surface area (Å²) < 4.78 is 2.10. The predicted molar refractivity (Wildman–Crippen MR) is 111 cm³/mol. The summed E-state index contributed by atoms with van der Waals surface area (Å²) in [4.78, 5) is 4.74. The van der Waals surface area contributed by atoms with E-state index in [1.165, 1.54) is 5.56 Å². The van der Waals surface area contributed by atoms with E-state index in [4.69, 9.17) is 4.98 Å². The second-order valence-electron chi connectivity index (χ2n) is 5.52. The molecular weight excluding hydrogens is 380 g/mol. The van der Waals surface area contributed by atoms with Crippen LogP contribution in [0.4, 0.5) is 0 Å². The second-order valence-corrected chi connectivity index (χ2v) is 8.10. The third kappa shape index (κ3) is 3.65. The molecule has 0 saturated heterocycles. The van der Waals surface area contributed by atoms with Crippen molar-refractivity contribution in [1.82, 2.24) is 19.7 Å². The van der Waals surface area contributed by atoms with E-state index in [1.807, 2.05) is 36.4 Å². The lowest BCUT2D eigenvalue weighted by Gasteiger charge is -2.07. The smallest absolute Gasteiger partial charge is 0.192 e. The van der Waals surface area contributed by atoms with E-state index in [2.05, 4.69) is 43.5 Å². The second kappa shape index (κ2) is 7.99. The van der Waals surface area contributed by atoms with Crippen molar-refractivity contribution < 1.29 is 0 Å². The number of allylic oxidation sites excluding steroid dienone is 1. The Kier molecular flexibility index (Phi) is 5.29. The zero-order valence-electron chi connectivity index (χ0n) is 13.9. The first-order chi connectivity index (χ1) is 12.8. The van der Waals surface area contributed by atoms with Gasteiger partial charge in [0.25, 0.3) is 0 Å². The lowest BCUT2D eigenvalue weighted by atomic mass is 10.2. The molecule has 4 rings (SSSR count). The van der Waals surface area contributed by atoms with Gasteiger partial charge >= 0.3 is 0 Å². The highest BCUT2D eigenvalue weighted by Gasteiger charge is 2.14. The van der Waals surface area contributed by atoms with Gasteiger partial charge in [0.05, 0.1) is 5.69 Å². The molecule has 0 aliphatic heterocycles. The minimum Gasteiger partial charge on any atom is -0.298 e. The fourth-order valence-corrected chi connectivity index (χ4v) is 5.00. The molecule has 3 aromatic heterocycles. The number of thiophene rings is 1. The van der Waals surface area contributed by atoms with Gasteiger partial charge in [-0.25, -0.2) is 4.98 Å². The highest BCUT2D eigenvalue weighted by molar-refractivity contribution is 7.98. The largest absolute Gasteiger partial charge is 0.298 e. The van der Waals surface area contributed by atoms with Crippen molar-refractivity contribution in [2.45, 2.75) is 17.5 Å². The Hall–Kier alpha value is -2.22. The third-order valence-corrected chi connectivity index (χ3v) is 6.35. The Bertz CT molecular complexity index is 987. The highest BCUT2D eigenvalue weighted by Crippen LogP contribution is 2.30. The standard InChI is InChI=1S/C19H16N4S3/c1-2-9-23-17(14-6-4-3-5-7-14)21-22-19(23)26-13-16-12-25-18(20-16)15-8-10-24-11-15/h2-8,10-12H,1,9,13H2. The molecule has 26 heavy (non-hydrogen) atoms. The summed E-state index contributed by atoms with van der Waals surface area (Å²) >= 11 is 5.03. The molecule has 0 atom stereocenters. The Morgan fingerprint density at radius 3 is 2.73 bits per heavy atom. The molecule has 0 bridgehead atoms. The van der Waals surface area contributed by atoms with E-state index in [0.29, 0.717) is 6.54 Å². The van der Waals surface area contributed by atoms with Crippen molar-refractivity contribution in [3.05, 3.63) is 70.9 Å². The van der Waals surface area contributed by atoms with Crippen LogP contribution in [0.1, 0.15) is 5.69 Å². The Labute approximate surface area is 164 Å². The molecule has 7 heteroatoms. The van der Waals surface area contributed by atoms with Gasteiger partial charge in [-0.05, 0) is 11.4 Å². The molecule has 0 saturated carbocycles. The quantitative estimate of drug-likeness (QED) is 0.301. The van der Waals surface area contributed by atoms with Crippen LogP contribution in [0.3, 0.4) is 0 Å². The van der Waals surface area contributed by atoms with Gasteiger partial charge in [-0.15, -0.1) is 28.1 Å². The maximum absolute atomic E-state index is 4.74. The lowest BCUT2D eigenvalue weighted by molar-refractivity contribution is 0.731. The van der Waals surface area contributed by atoms with Crippen molar-refractivity contribution in [2.75, 3.05) is 0 Å². The predicted octanol–water partition coefficient (Wildman–Crippen LogP) is 5.61. The van der Waals surface area contributed by atoms with Gasteiger partial charge in [0.2, 0.25) is 0 Å². The molecule has 0 amide bonds. The van der Waals surface area contributed by atoms with Crippen LogP contribution in [0.15, 0.2) is 70.3 Å². The van der Waals surface area contributed by atoms with E-state index < -0.39 is 0 Å². The number of thioether (sulfide) groups is 1. The van der Waals surface area contributed by atoms with Crippen LogP contribution in [0.5, 0.6) is 0 Å².